The fraction of sp³-hybridized carbons (Fsp3) is 0.167. The number of rotatable bonds is 6. The second kappa shape index (κ2) is 8.39. The third-order valence-electron chi connectivity index (χ3n) is 2.93. The van der Waals surface area contributed by atoms with Gasteiger partial charge in [-0.05, 0) is 55.0 Å². The van der Waals surface area contributed by atoms with Crippen molar-refractivity contribution in [2.24, 2.45) is 0 Å². The molecule has 2 rings (SSSR count). The Morgan fingerprint density at radius 2 is 1.65 bits per heavy atom. The van der Waals surface area contributed by atoms with Crippen LogP contribution in [0, 0.1) is 0 Å². The molecule has 0 bridgehead atoms. The fourth-order valence-electron chi connectivity index (χ4n) is 1.81. The van der Waals surface area contributed by atoms with E-state index in [9.17, 15) is 4.79 Å². The molecule has 0 radical (unpaired) electrons. The van der Waals surface area contributed by atoms with Crippen LogP contribution in [0.1, 0.15) is 12.5 Å². The van der Waals surface area contributed by atoms with Crippen LogP contribution in [-0.2, 0) is 9.53 Å². The Hall–Kier alpha value is -2.27. The summed E-state index contributed by atoms with van der Waals surface area (Å²) >= 11 is 3.36. The summed E-state index contributed by atoms with van der Waals surface area (Å²) in [6.07, 6.45) is 1.64. The minimum Gasteiger partial charge on any atom is -0.497 e. The second-order valence-electron chi connectivity index (χ2n) is 4.56. The van der Waals surface area contributed by atoms with Gasteiger partial charge < -0.3 is 14.2 Å². The number of carbonyl (C=O) groups is 1. The van der Waals surface area contributed by atoms with Crippen molar-refractivity contribution in [3.8, 4) is 11.5 Å². The van der Waals surface area contributed by atoms with Crippen molar-refractivity contribution in [3.05, 3.63) is 64.3 Å². The number of methoxy groups -OCH3 is 1. The van der Waals surface area contributed by atoms with Crippen LogP contribution in [0.3, 0.4) is 0 Å². The summed E-state index contributed by atoms with van der Waals surface area (Å²) in [5, 5.41) is 0. The van der Waals surface area contributed by atoms with E-state index >= 15 is 0 Å². The molecule has 0 N–H and O–H groups in total. The molecule has 0 spiro atoms. The van der Waals surface area contributed by atoms with Crippen molar-refractivity contribution >= 4 is 28.0 Å². The van der Waals surface area contributed by atoms with Crippen molar-refractivity contribution in [2.75, 3.05) is 13.7 Å². The minimum absolute atomic E-state index is 0.124. The summed E-state index contributed by atoms with van der Waals surface area (Å²) in [5.74, 6) is 0.917. The summed E-state index contributed by atoms with van der Waals surface area (Å²) in [4.78, 5) is 12.1. The zero-order valence-corrected chi connectivity index (χ0v) is 14.5. The van der Waals surface area contributed by atoms with Gasteiger partial charge in [-0.1, -0.05) is 28.1 Å². The van der Waals surface area contributed by atoms with Crippen LogP contribution in [0.5, 0.6) is 11.5 Å². The molecule has 0 saturated heterocycles. The smallest absolute Gasteiger partial charge is 0.374 e. The quantitative estimate of drug-likeness (QED) is 0.424. The summed E-state index contributed by atoms with van der Waals surface area (Å²) in [6, 6.07) is 14.5. The molecule has 0 aromatic heterocycles. The first kappa shape index (κ1) is 17.1. The number of ether oxygens (including phenoxy) is 3. The highest BCUT2D eigenvalue weighted by atomic mass is 79.9. The molecule has 4 nitrogen and oxygen atoms in total. The largest absolute Gasteiger partial charge is 0.497 e. The first-order valence-corrected chi connectivity index (χ1v) is 7.88. The topological polar surface area (TPSA) is 44.8 Å². The molecule has 0 aliphatic heterocycles. The lowest BCUT2D eigenvalue weighted by Gasteiger charge is -2.10. The number of carbonyl (C=O) groups excluding carboxylic acids is 1. The summed E-state index contributed by atoms with van der Waals surface area (Å²) in [7, 11) is 1.60. The predicted octanol–water partition coefficient (Wildman–Crippen LogP) is 4.44. The van der Waals surface area contributed by atoms with E-state index in [1.807, 2.05) is 36.4 Å². The van der Waals surface area contributed by atoms with E-state index < -0.39 is 5.97 Å². The summed E-state index contributed by atoms with van der Waals surface area (Å²) in [6.45, 7) is 2.03. The highest BCUT2D eigenvalue weighted by molar-refractivity contribution is 9.10. The van der Waals surface area contributed by atoms with E-state index in [0.29, 0.717) is 5.75 Å². The first-order valence-electron chi connectivity index (χ1n) is 7.08. The number of hydrogen-bond donors (Lipinski definition) is 0. The molecule has 0 amide bonds. The molecule has 0 aliphatic rings. The van der Waals surface area contributed by atoms with Crippen LogP contribution < -0.4 is 9.47 Å². The monoisotopic (exact) mass is 376 g/mol. The molecule has 0 heterocycles. The van der Waals surface area contributed by atoms with Gasteiger partial charge in [0.2, 0.25) is 5.76 Å². The van der Waals surface area contributed by atoms with E-state index in [2.05, 4.69) is 15.9 Å². The average molecular weight is 377 g/mol. The number of benzene rings is 2. The number of halogens is 1. The lowest BCUT2D eigenvalue weighted by Crippen LogP contribution is -2.12. The van der Waals surface area contributed by atoms with Gasteiger partial charge in [-0.25, -0.2) is 4.79 Å². The SMILES string of the molecule is CCOC(=O)/C(=C/c1ccc(OC)cc1)Oc1ccc(Br)cc1. The molecule has 0 atom stereocenters. The van der Waals surface area contributed by atoms with Crippen LogP contribution in [0.2, 0.25) is 0 Å². The molecule has 0 unspecified atom stereocenters. The van der Waals surface area contributed by atoms with E-state index in [0.717, 1.165) is 15.8 Å². The lowest BCUT2D eigenvalue weighted by atomic mass is 10.2. The van der Waals surface area contributed by atoms with Gasteiger partial charge in [0.05, 0.1) is 13.7 Å². The average Bonchev–Trinajstić information content (AvgIpc) is 2.57. The Kier molecular flexibility index (Phi) is 6.23. The molecule has 120 valence electrons. The number of esters is 1. The summed E-state index contributed by atoms with van der Waals surface area (Å²) < 4.78 is 16.8. The standard InChI is InChI=1S/C18H17BrO4/c1-3-22-18(20)17(23-16-10-6-14(19)7-11-16)12-13-4-8-15(21-2)9-5-13/h4-12H,3H2,1-2H3/b17-12-. The Labute approximate surface area is 143 Å². The van der Waals surface area contributed by atoms with Crippen molar-refractivity contribution in [1.29, 1.82) is 0 Å². The van der Waals surface area contributed by atoms with Crippen LogP contribution >= 0.6 is 15.9 Å². The third kappa shape index (κ3) is 5.14. The van der Waals surface area contributed by atoms with Crippen LogP contribution in [0.25, 0.3) is 6.08 Å². The Bertz CT molecular complexity index is 675. The van der Waals surface area contributed by atoms with E-state index in [4.69, 9.17) is 14.2 Å². The van der Waals surface area contributed by atoms with Crippen molar-refractivity contribution < 1.29 is 19.0 Å². The zero-order valence-electron chi connectivity index (χ0n) is 12.9. The fourth-order valence-corrected chi connectivity index (χ4v) is 2.08. The molecule has 0 aliphatic carbocycles. The first-order chi connectivity index (χ1) is 11.1. The van der Waals surface area contributed by atoms with Crippen molar-refractivity contribution in [2.45, 2.75) is 6.92 Å². The number of hydrogen-bond acceptors (Lipinski definition) is 4. The van der Waals surface area contributed by atoms with Gasteiger partial charge in [0.25, 0.3) is 0 Å². The molecular weight excluding hydrogens is 360 g/mol. The van der Waals surface area contributed by atoms with Crippen LogP contribution in [0.4, 0.5) is 0 Å². The normalized spacial score (nSPS) is 11.0. The maximum atomic E-state index is 12.1. The molecule has 2 aromatic rings. The third-order valence-corrected chi connectivity index (χ3v) is 3.46. The minimum atomic E-state index is -0.508. The highest BCUT2D eigenvalue weighted by Gasteiger charge is 2.14. The molecule has 23 heavy (non-hydrogen) atoms. The van der Waals surface area contributed by atoms with E-state index in [1.165, 1.54) is 0 Å². The van der Waals surface area contributed by atoms with Gasteiger partial charge in [-0.15, -0.1) is 0 Å². The molecule has 2 aromatic carbocycles. The molecule has 0 fully saturated rings. The van der Waals surface area contributed by atoms with E-state index in [1.54, 1.807) is 32.2 Å². The molecule has 5 heteroatoms. The van der Waals surface area contributed by atoms with Crippen LogP contribution in [-0.4, -0.2) is 19.7 Å². The van der Waals surface area contributed by atoms with Gasteiger partial charge >= 0.3 is 5.97 Å². The summed E-state index contributed by atoms with van der Waals surface area (Å²) in [5.41, 5.74) is 0.811. The van der Waals surface area contributed by atoms with Gasteiger partial charge in [0.1, 0.15) is 11.5 Å². The highest BCUT2D eigenvalue weighted by Crippen LogP contribution is 2.21. The van der Waals surface area contributed by atoms with Gasteiger partial charge in [-0.2, -0.15) is 0 Å². The second-order valence-corrected chi connectivity index (χ2v) is 5.47. The Morgan fingerprint density at radius 3 is 2.22 bits per heavy atom. The van der Waals surface area contributed by atoms with Crippen LogP contribution in [0.15, 0.2) is 58.8 Å². The molecular formula is C18H17BrO4. The zero-order chi connectivity index (χ0) is 16.7. The van der Waals surface area contributed by atoms with Crippen molar-refractivity contribution in [1.82, 2.24) is 0 Å². The molecule has 0 saturated carbocycles. The van der Waals surface area contributed by atoms with Gasteiger partial charge in [0, 0.05) is 4.47 Å². The Balaban J connectivity index is 2.26. The van der Waals surface area contributed by atoms with E-state index in [-0.39, 0.29) is 12.4 Å². The Morgan fingerprint density at radius 1 is 1.04 bits per heavy atom. The van der Waals surface area contributed by atoms with Crippen molar-refractivity contribution in [3.63, 3.8) is 0 Å². The maximum Gasteiger partial charge on any atom is 0.374 e. The van der Waals surface area contributed by atoms with Gasteiger partial charge in [0.15, 0.2) is 0 Å². The predicted molar refractivity (Wildman–Crippen MR) is 92.4 cm³/mol. The van der Waals surface area contributed by atoms with Gasteiger partial charge in [-0.3, -0.25) is 0 Å². The lowest BCUT2D eigenvalue weighted by molar-refractivity contribution is -0.140. The maximum absolute atomic E-state index is 12.1.